The summed E-state index contributed by atoms with van der Waals surface area (Å²) in [7, 11) is 0. The van der Waals surface area contributed by atoms with Crippen LogP contribution in [0.2, 0.25) is 0 Å². The van der Waals surface area contributed by atoms with Gasteiger partial charge in [-0.3, -0.25) is 4.79 Å². The molecular weight excluding hydrogens is 104 g/mol. The summed E-state index contributed by atoms with van der Waals surface area (Å²) in [6, 6.07) is 0. The highest BCUT2D eigenvalue weighted by Gasteiger charge is 2.40. The van der Waals surface area contributed by atoms with Crippen molar-refractivity contribution < 1.29 is 9.59 Å². The number of rotatable bonds is 2. The van der Waals surface area contributed by atoms with Gasteiger partial charge in [0.15, 0.2) is 0 Å². The Kier molecular flexibility index (Phi) is 1.16. The van der Waals surface area contributed by atoms with Crippen LogP contribution in [0.3, 0.4) is 0 Å². The second kappa shape index (κ2) is 1.69. The molecule has 0 spiro atoms. The van der Waals surface area contributed by atoms with Crippen molar-refractivity contribution in [2.45, 2.75) is 13.3 Å². The van der Waals surface area contributed by atoms with E-state index in [1.807, 2.05) is 0 Å². The Hall–Kier alpha value is -0.660. The summed E-state index contributed by atoms with van der Waals surface area (Å²) in [6.45, 7) is 1.54. The van der Waals surface area contributed by atoms with Crippen LogP contribution in [0.15, 0.2) is 0 Å². The zero-order valence-corrected chi connectivity index (χ0v) is 4.76. The number of aldehydes is 1. The summed E-state index contributed by atoms with van der Waals surface area (Å²) in [5.74, 6) is 0.294. The molecule has 0 aromatic rings. The smallest absolute Gasteiger partial charge is 0.133 e. The van der Waals surface area contributed by atoms with Gasteiger partial charge < -0.3 is 4.79 Å². The molecule has 1 rings (SSSR count). The van der Waals surface area contributed by atoms with Crippen molar-refractivity contribution in [3.8, 4) is 0 Å². The van der Waals surface area contributed by atoms with E-state index in [2.05, 4.69) is 0 Å². The molecular formula is C6H8O2. The third-order valence-electron chi connectivity index (χ3n) is 1.54. The fourth-order valence-electron chi connectivity index (χ4n) is 0.832. The number of hydrogen-bond donors (Lipinski definition) is 0. The first kappa shape index (κ1) is 5.48. The fraction of sp³-hybridized carbons (Fsp3) is 0.667. The Balaban J connectivity index is 2.36. The molecule has 0 aromatic carbocycles. The van der Waals surface area contributed by atoms with Gasteiger partial charge in [-0.05, 0) is 13.3 Å². The first-order chi connectivity index (χ1) is 3.75. The number of ketones is 1. The molecule has 2 nitrogen and oxygen atoms in total. The lowest BCUT2D eigenvalue weighted by molar-refractivity contribution is -0.119. The van der Waals surface area contributed by atoms with Crippen LogP contribution in [0.25, 0.3) is 0 Å². The van der Waals surface area contributed by atoms with E-state index in [1.54, 1.807) is 0 Å². The molecule has 0 saturated heterocycles. The molecule has 8 heavy (non-hydrogen) atoms. The maximum atomic E-state index is 10.4. The van der Waals surface area contributed by atoms with Crippen molar-refractivity contribution in [1.82, 2.24) is 0 Å². The molecule has 1 saturated carbocycles. The maximum Gasteiger partial charge on any atom is 0.133 e. The zero-order valence-electron chi connectivity index (χ0n) is 4.76. The molecule has 2 heteroatoms. The monoisotopic (exact) mass is 112 g/mol. The highest BCUT2D eigenvalue weighted by atomic mass is 16.1. The molecule has 2 atom stereocenters. The summed E-state index contributed by atoms with van der Waals surface area (Å²) in [5, 5.41) is 0. The molecule has 0 aliphatic heterocycles. The zero-order chi connectivity index (χ0) is 6.15. The minimum absolute atomic E-state index is 0.0625. The number of Topliss-reactive ketones (excluding diaryl/α,β-unsaturated/α-hetero) is 1. The van der Waals surface area contributed by atoms with E-state index >= 15 is 0 Å². The molecule has 1 aliphatic carbocycles. The van der Waals surface area contributed by atoms with E-state index in [0.29, 0.717) is 0 Å². The van der Waals surface area contributed by atoms with E-state index in [4.69, 9.17) is 0 Å². The predicted molar refractivity (Wildman–Crippen MR) is 28.3 cm³/mol. The summed E-state index contributed by atoms with van der Waals surface area (Å²) >= 11 is 0. The van der Waals surface area contributed by atoms with E-state index < -0.39 is 0 Å². The second-order valence-electron chi connectivity index (χ2n) is 2.25. The van der Waals surface area contributed by atoms with Gasteiger partial charge in [0.2, 0.25) is 0 Å². The third kappa shape index (κ3) is 0.782. The SMILES string of the molecule is CC(=O)[C@H]1C[C@H]1C=O. The van der Waals surface area contributed by atoms with Crippen LogP contribution in [0.5, 0.6) is 0 Å². The molecule has 0 bridgehead atoms. The van der Waals surface area contributed by atoms with Crippen LogP contribution in [0, 0.1) is 11.8 Å². The van der Waals surface area contributed by atoms with Gasteiger partial charge >= 0.3 is 0 Å². The normalized spacial score (nSPS) is 34.1. The topological polar surface area (TPSA) is 34.1 Å². The van der Waals surface area contributed by atoms with Gasteiger partial charge in [0.1, 0.15) is 12.1 Å². The van der Waals surface area contributed by atoms with Crippen molar-refractivity contribution in [3.63, 3.8) is 0 Å². The van der Waals surface area contributed by atoms with Crippen LogP contribution in [0.4, 0.5) is 0 Å². The summed E-state index contributed by atoms with van der Waals surface area (Å²) < 4.78 is 0. The minimum Gasteiger partial charge on any atom is -0.303 e. The van der Waals surface area contributed by atoms with Crippen LogP contribution < -0.4 is 0 Å². The number of hydrogen-bond acceptors (Lipinski definition) is 2. The summed E-state index contributed by atoms with van der Waals surface area (Å²) in [6.07, 6.45) is 1.66. The lowest BCUT2D eigenvalue weighted by Crippen LogP contribution is -1.94. The Bertz CT molecular complexity index is 128. The van der Waals surface area contributed by atoms with Gasteiger partial charge in [-0.15, -0.1) is 0 Å². The summed E-state index contributed by atoms with van der Waals surface area (Å²) in [4.78, 5) is 20.3. The standard InChI is InChI=1S/C6H8O2/c1-4(8)6-2-5(6)3-7/h3,5-6H,2H2,1H3/t5-,6+/m0/s1. The molecule has 0 N–H and O–H groups in total. The quantitative estimate of drug-likeness (QED) is 0.485. The first-order valence-electron chi connectivity index (χ1n) is 2.71. The second-order valence-corrected chi connectivity index (χ2v) is 2.25. The minimum atomic E-state index is 0.0625. The number of carbonyl (C=O) groups is 2. The van der Waals surface area contributed by atoms with Crippen molar-refractivity contribution in [2.75, 3.05) is 0 Å². The molecule has 0 unspecified atom stereocenters. The van der Waals surface area contributed by atoms with Crippen molar-refractivity contribution >= 4 is 12.1 Å². The Labute approximate surface area is 47.9 Å². The lowest BCUT2D eigenvalue weighted by atomic mass is 10.2. The van der Waals surface area contributed by atoms with Gasteiger partial charge in [0, 0.05) is 11.8 Å². The van der Waals surface area contributed by atoms with Gasteiger partial charge in [-0.25, -0.2) is 0 Å². The van der Waals surface area contributed by atoms with Crippen molar-refractivity contribution in [3.05, 3.63) is 0 Å². The molecule has 1 aliphatic rings. The van der Waals surface area contributed by atoms with E-state index in [0.717, 1.165) is 12.7 Å². The Morgan fingerprint density at radius 1 is 1.75 bits per heavy atom. The van der Waals surface area contributed by atoms with Gasteiger partial charge in [-0.2, -0.15) is 0 Å². The predicted octanol–water partition coefficient (Wildman–Crippen LogP) is 0.410. The first-order valence-corrected chi connectivity index (χ1v) is 2.71. The van der Waals surface area contributed by atoms with Gasteiger partial charge in [-0.1, -0.05) is 0 Å². The lowest BCUT2D eigenvalue weighted by Gasteiger charge is -1.80. The largest absolute Gasteiger partial charge is 0.303 e. The third-order valence-corrected chi connectivity index (χ3v) is 1.54. The molecule has 0 heterocycles. The van der Waals surface area contributed by atoms with Crippen LogP contribution >= 0.6 is 0 Å². The summed E-state index contributed by atoms with van der Waals surface area (Å²) in [5.41, 5.74) is 0. The molecule has 0 radical (unpaired) electrons. The average molecular weight is 112 g/mol. The van der Waals surface area contributed by atoms with Crippen molar-refractivity contribution in [1.29, 1.82) is 0 Å². The van der Waals surface area contributed by atoms with Crippen LogP contribution in [0.1, 0.15) is 13.3 Å². The van der Waals surface area contributed by atoms with Gasteiger partial charge in [0.25, 0.3) is 0 Å². The molecule has 1 fully saturated rings. The van der Waals surface area contributed by atoms with E-state index in [9.17, 15) is 9.59 Å². The highest BCUT2D eigenvalue weighted by molar-refractivity contribution is 5.85. The Morgan fingerprint density at radius 3 is 2.50 bits per heavy atom. The molecule has 0 amide bonds. The van der Waals surface area contributed by atoms with Crippen LogP contribution in [-0.2, 0) is 9.59 Å². The Morgan fingerprint density at radius 2 is 2.38 bits per heavy atom. The van der Waals surface area contributed by atoms with Crippen molar-refractivity contribution in [2.24, 2.45) is 11.8 Å². The fourth-order valence-corrected chi connectivity index (χ4v) is 0.832. The number of carbonyl (C=O) groups excluding carboxylic acids is 2. The van der Waals surface area contributed by atoms with E-state index in [1.165, 1.54) is 6.92 Å². The van der Waals surface area contributed by atoms with E-state index in [-0.39, 0.29) is 17.6 Å². The molecule has 0 aromatic heterocycles. The molecule has 44 valence electrons. The maximum absolute atomic E-state index is 10.4. The average Bonchev–Trinajstić information content (AvgIpc) is 2.42. The highest BCUT2D eigenvalue weighted by Crippen LogP contribution is 2.36. The van der Waals surface area contributed by atoms with Crippen LogP contribution in [-0.4, -0.2) is 12.1 Å². The van der Waals surface area contributed by atoms with Gasteiger partial charge in [0.05, 0.1) is 0 Å².